The molecule has 1 atom stereocenters. The molecule has 1 aromatic heterocycles. The van der Waals surface area contributed by atoms with Gasteiger partial charge in [-0.3, -0.25) is 0 Å². The fraction of sp³-hybridized carbons (Fsp3) is 0.412. The second-order valence-corrected chi connectivity index (χ2v) is 6.96. The molecule has 114 valence electrons. The maximum Gasteiger partial charge on any atom is 0.123 e. The molecule has 0 amide bonds. The number of thiophene rings is 1. The summed E-state index contributed by atoms with van der Waals surface area (Å²) in [5.74, 6) is 0.942. The fourth-order valence-corrected chi connectivity index (χ4v) is 3.53. The zero-order valence-corrected chi connectivity index (χ0v) is 14.4. The summed E-state index contributed by atoms with van der Waals surface area (Å²) >= 11 is 7.70. The van der Waals surface area contributed by atoms with Crippen LogP contribution in [0.25, 0.3) is 0 Å². The number of aryl methyl sites for hydroxylation is 1. The van der Waals surface area contributed by atoms with Crippen molar-refractivity contribution in [1.82, 2.24) is 5.32 Å². The highest BCUT2D eigenvalue weighted by molar-refractivity contribution is 7.16. The Morgan fingerprint density at radius 2 is 2.10 bits per heavy atom. The average molecular weight is 324 g/mol. The van der Waals surface area contributed by atoms with Crippen molar-refractivity contribution in [3.63, 3.8) is 0 Å². The van der Waals surface area contributed by atoms with E-state index in [1.54, 1.807) is 18.4 Å². The maximum atomic E-state index is 6.05. The predicted molar refractivity (Wildman–Crippen MR) is 91.8 cm³/mol. The van der Waals surface area contributed by atoms with Gasteiger partial charge >= 0.3 is 0 Å². The van der Waals surface area contributed by atoms with Crippen LogP contribution in [0.2, 0.25) is 4.34 Å². The number of ether oxygens (including phenoxy) is 1. The lowest BCUT2D eigenvalue weighted by Gasteiger charge is -2.21. The van der Waals surface area contributed by atoms with Gasteiger partial charge in [-0.1, -0.05) is 36.2 Å². The summed E-state index contributed by atoms with van der Waals surface area (Å²) < 4.78 is 6.38. The van der Waals surface area contributed by atoms with Gasteiger partial charge in [-0.15, -0.1) is 11.3 Å². The number of benzene rings is 1. The molecule has 21 heavy (non-hydrogen) atoms. The van der Waals surface area contributed by atoms with Crippen LogP contribution >= 0.6 is 22.9 Å². The Bertz CT molecular complexity index is 582. The van der Waals surface area contributed by atoms with Crippen molar-refractivity contribution >= 4 is 22.9 Å². The van der Waals surface area contributed by atoms with Gasteiger partial charge in [0.15, 0.2) is 0 Å². The van der Waals surface area contributed by atoms with Crippen LogP contribution in [0.1, 0.15) is 35.4 Å². The first-order valence-corrected chi connectivity index (χ1v) is 8.45. The number of halogens is 1. The topological polar surface area (TPSA) is 21.3 Å². The Kier molecular flexibility index (Phi) is 6.09. The van der Waals surface area contributed by atoms with Crippen LogP contribution < -0.4 is 10.1 Å². The minimum absolute atomic E-state index is 0.245. The molecule has 0 aliphatic carbocycles. The SMILES string of the molecule is CCCNC(Cc1ccc(Cl)s1)c1cc(C)ccc1OC. The highest BCUT2D eigenvalue weighted by atomic mass is 35.5. The molecule has 0 radical (unpaired) electrons. The van der Waals surface area contributed by atoms with E-state index in [-0.39, 0.29) is 6.04 Å². The summed E-state index contributed by atoms with van der Waals surface area (Å²) in [5.41, 5.74) is 2.47. The molecule has 0 bridgehead atoms. The molecule has 1 unspecified atom stereocenters. The van der Waals surface area contributed by atoms with Gasteiger partial charge in [-0.25, -0.2) is 0 Å². The molecule has 0 spiro atoms. The van der Waals surface area contributed by atoms with Crippen LogP contribution in [0.5, 0.6) is 5.75 Å². The quantitative estimate of drug-likeness (QED) is 0.774. The van der Waals surface area contributed by atoms with Gasteiger partial charge in [0.1, 0.15) is 5.75 Å². The lowest BCUT2D eigenvalue weighted by molar-refractivity contribution is 0.398. The Balaban J connectivity index is 2.28. The van der Waals surface area contributed by atoms with Gasteiger partial charge in [0.2, 0.25) is 0 Å². The second kappa shape index (κ2) is 7.83. The van der Waals surface area contributed by atoms with Crippen LogP contribution in [-0.2, 0) is 6.42 Å². The Hall–Kier alpha value is -1.03. The summed E-state index contributed by atoms with van der Waals surface area (Å²) in [5, 5.41) is 3.63. The molecule has 1 N–H and O–H groups in total. The first kappa shape index (κ1) is 16.3. The van der Waals surface area contributed by atoms with E-state index < -0.39 is 0 Å². The van der Waals surface area contributed by atoms with Crippen LogP contribution in [0.3, 0.4) is 0 Å². The van der Waals surface area contributed by atoms with Crippen molar-refractivity contribution in [2.24, 2.45) is 0 Å². The zero-order valence-electron chi connectivity index (χ0n) is 12.8. The maximum absolute atomic E-state index is 6.05. The molecule has 2 nitrogen and oxygen atoms in total. The van der Waals surface area contributed by atoms with Crippen LogP contribution in [-0.4, -0.2) is 13.7 Å². The molecule has 1 aromatic carbocycles. The van der Waals surface area contributed by atoms with E-state index in [0.717, 1.165) is 29.5 Å². The number of hydrogen-bond donors (Lipinski definition) is 1. The Morgan fingerprint density at radius 1 is 1.29 bits per heavy atom. The summed E-state index contributed by atoms with van der Waals surface area (Å²) in [6, 6.07) is 10.7. The average Bonchev–Trinajstić information content (AvgIpc) is 2.88. The van der Waals surface area contributed by atoms with Crippen molar-refractivity contribution in [1.29, 1.82) is 0 Å². The van der Waals surface area contributed by atoms with Crippen LogP contribution in [0.15, 0.2) is 30.3 Å². The third-order valence-electron chi connectivity index (χ3n) is 3.44. The lowest BCUT2D eigenvalue weighted by Crippen LogP contribution is -2.24. The van der Waals surface area contributed by atoms with E-state index in [9.17, 15) is 0 Å². The molecule has 0 aliphatic heterocycles. The highest BCUT2D eigenvalue weighted by Crippen LogP contribution is 2.31. The van der Waals surface area contributed by atoms with E-state index in [4.69, 9.17) is 16.3 Å². The van der Waals surface area contributed by atoms with Gasteiger partial charge in [0.25, 0.3) is 0 Å². The first-order chi connectivity index (χ1) is 10.1. The minimum Gasteiger partial charge on any atom is -0.496 e. The molecule has 0 aliphatic rings. The van der Waals surface area contributed by atoms with E-state index in [2.05, 4.69) is 37.4 Å². The summed E-state index contributed by atoms with van der Waals surface area (Å²) in [7, 11) is 1.73. The normalized spacial score (nSPS) is 12.4. The first-order valence-electron chi connectivity index (χ1n) is 7.26. The van der Waals surface area contributed by atoms with Gasteiger partial charge in [-0.05, 0) is 38.1 Å². The predicted octanol–water partition coefficient (Wildman–Crippen LogP) is 5.00. The van der Waals surface area contributed by atoms with E-state index in [0.29, 0.717) is 0 Å². The molecule has 0 fully saturated rings. The van der Waals surface area contributed by atoms with Crippen molar-refractivity contribution in [2.45, 2.75) is 32.7 Å². The smallest absolute Gasteiger partial charge is 0.123 e. The van der Waals surface area contributed by atoms with Crippen LogP contribution in [0, 0.1) is 6.92 Å². The van der Waals surface area contributed by atoms with Gasteiger partial charge in [-0.2, -0.15) is 0 Å². The number of rotatable bonds is 7. The standard InChI is InChI=1S/C17H22ClNOS/c1-4-9-19-15(11-13-6-8-17(18)21-13)14-10-12(2)5-7-16(14)20-3/h5-8,10,15,19H,4,9,11H2,1-3H3. The molecule has 2 rings (SSSR count). The second-order valence-electron chi connectivity index (χ2n) is 5.16. The number of methoxy groups -OCH3 is 1. The van der Waals surface area contributed by atoms with Crippen molar-refractivity contribution in [3.8, 4) is 5.75 Å². The minimum atomic E-state index is 0.245. The molecule has 2 aromatic rings. The summed E-state index contributed by atoms with van der Waals surface area (Å²) in [6.45, 7) is 5.28. The van der Waals surface area contributed by atoms with Crippen molar-refractivity contribution in [2.75, 3.05) is 13.7 Å². The van der Waals surface area contributed by atoms with E-state index in [1.807, 2.05) is 12.1 Å². The van der Waals surface area contributed by atoms with Crippen molar-refractivity contribution in [3.05, 3.63) is 50.7 Å². The van der Waals surface area contributed by atoms with E-state index >= 15 is 0 Å². The third-order valence-corrected chi connectivity index (χ3v) is 4.69. The number of nitrogens with one attached hydrogen (secondary N) is 1. The van der Waals surface area contributed by atoms with Gasteiger partial charge < -0.3 is 10.1 Å². The summed E-state index contributed by atoms with van der Waals surface area (Å²) in [4.78, 5) is 1.29. The largest absolute Gasteiger partial charge is 0.496 e. The molecule has 0 saturated heterocycles. The van der Waals surface area contributed by atoms with Gasteiger partial charge in [0, 0.05) is 22.9 Å². The Labute approximate surface area is 136 Å². The van der Waals surface area contributed by atoms with Crippen LogP contribution in [0.4, 0.5) is 0 Å². The Morgan fingerprint density at radius 3 is 2.71 bits per heavy atom. The zero-order chi connectivity index (χ0) is 15.2. The molecule has 1 heterocycles. The summed E-state index contributed by atoms with van der Waals surface area (Å²) in [6.07, 6.45) is 2.03. The van der Waals surface area contributed by atoms with Gasteiger partial charge in [0.05, 0.1) is 11.4 Å². The molecule has 0 saturated carbocycles. The third kappa shape index (κ3) is 4.47. The number of hydrogen-bond acceptors (Lipinski definition) is 3. The lowest BCUT2D eigenvalue weighted by atomic mass is 9.99. The van der Waals surface area contributed by atoms with E-state index in [1.165, 1.54) is 16.0 Å². The highest BCUT2D eigenvalue weighted by Gasteiger charge is 2.17. The molecular formula is C17H22ClNOS. The molecular weight excluding hydrogens is 302 g/mol. The fourth-order valence-electron chi connectivity index (χ4n) is 2.40. The molecule has 4 heteroatoms. The monoisotopic (exact) mass is 323 g/mol. The van der Waals surface area contributed by atoms with Crippen molar-refractivity contribution < 1.29 is 4.74 Å².